The Morgan fingerprint density at radius 1 is 1.38 bits per heavy atom. The van der Waals surface area contributed by atoms with Crippen LogP contribution in [0.15, 0.2) is 24.4 Å². The standard InChI is InChI=1S/C15H17ClFN3O/c1-9(2)15-19-8-14(13(20-15)7-18-3)21-10-4-5-11(16)12(17)6-10/h4-6,8-9,18H,7H2,1-3H3. The predicted molar refractivity (Wildman–Crippen MR) is 80.4 cm³/mol. The molecule has 0 radical (unpaired) electrons. The number of benzene rings is 1. The lowest BCUT2D eigenvalue weighted by Crippen LogP contribution is -2.11. The Kier molecular flexibility index (Phi) is 5.09. The zero-order chi connectivity index (χ0) is 15.4. The topological polar surface area (TPSA) is 47.0 Å². The SMILES string of the molecule is CNCc1nc(C(C)C)ncc1Oc1ccc(Cl)c(F)c1. The summed E-state index contributed by atoms with van der Waals surface area (Å²) in [6.07, 6.45) is 1.61. The average molecular weight is 310 g/mol. The van der Waals surface area contributed by atoms with Gasteiger partial charge in [-0.1, -0.05) is 25.4 Å². The van der Waals surface area contributed by atoms with Gasteiger partial charge in [-0.3, -0.25) is 0 Å². The summed E-state index contributed by atoms with van der Waals surface area (Å²) in [5.74, 6) is 1.30. The molecule has 4 nitrogen and oxygen atoms in total. The number of hydrogen-bond donors (Lipinski definition) is 1. The van der Waals surface area contributed by atoms with Crippen molar-refractivity contribution in [3.05, 3.63) is 46.8 Å². The van der Waals surface area contributed by atoms with Crippen molar-refractivity contribution in [2.45, 2.75) is 26.3 Å². The zero-order valence-electron chi connectivity index (χ0n) is 12.2. The number of hydrogen-bond acceptors (Lipinski definition) is 4. The molecule has 1 N–H and O–H groups in total. The van der Waals surface area contributed by atoms with Crippen LogP contribution in [-0.4, -0.2) is 17.0 Å². The van der Waals surface area contributed by atoms with Crippen LogP contribution in [0.1, 0.15) is 31.3 Å². The van der Waals surface area contributed by atoms with Gasteiger partial charge in [0, 0.05) is 18.5 Å². The lowest BCUT2D eigenvalue weighted by molar-refractivity contribution is 0.460. The summed E-state index contributed by atoms with van der Waals surface area (Å²) in [6, 6.07) is 4.29. The fraction of sp³-hybridized carbons (Fsp3) is 0.333. The van der Waals surface area contributed by atoms with Gasteiger partial charge in [0.15, 0.2) is 5.75 Å². The summed E-state index contributed by atoms with van der Waals surface area (Å²) in [5, 5.41) is 3.09. The van der Waals surface area contributed by atoms with E-state index in [1.54, 1.807) is 12.3 Å². The van der Waals surface area contributed by atoms with Gasteiger partial charge in [0.1, 0.15) is 23.1 Å². The van der Waals surface area contributed by atoms with Gasteiger partial charge in [-0.05, 0) is 19.2 Å². The van der Waals surface area contributed by atoms with E-state index in [4.69, 9.17) is 16.3 Å². The molecule has 6 heteroatoms. The molecule has 21 heavy (non-hydrogen) atoms. The minimum absolute atomic E-state index is 0.0594. The van der Waals surface area contributed by atoms with Gasteiger partial charge in [0.25, 0.3) is 0 Å². The van der Waals surface area contributed by atoms with Gasteiger partial charge in [0.05, 0.1) is 11.2 Å². The van der Waals surface area contributed by atoms with E-state index in [1.807, 2.05) is 20.9 Å². The van der Waals surface area contributed by atoms with E-state index in [0.717, 1.165) is 11.5 Å². The maximum absolute atomic E-state index is 13.4. The van der Waals surface area contributed by atoms with E-state index in [0.29, 0.717) is 18.0 Å². The summed E-state index contributed by atoms with van der Waals surface area (Å²) < 4.78 is 19.1. The third-order valence-electron chi connectivity index (χ3n) is 2.83. The van der Waals surface area contributed by atoms with Crippen LogP contribution >= 0.6 is 11.6 Å². The van der Waals surface area contributed by atoms with Gasteiger partial charge >= 0.3 is 0 Å². The first-order valence-electron chi connectivity index (χ1n) is 6.64. The summed E-state index contributed by atoms with van der Waals surface area (Å²) in [7, 11) is 1.82. The second kappa shape index (κ2) is 6.83. The quantitative estimate of drug-likeness (QED) is 0.910. The number of nitrogens with one attached hydrogen (secondary N) is 1. The Hall–Kier alpha value is -1.72. The van der Waals surface area contributed by atoms with Crippen LogP contribution in [0.2, 0.25) is 5.02 Å². The summed E-state index contributed by atoms with van der Waals surface area (Å²) >= 11 is 5.66. The molecule has 0 spiro atoms. The smallest absolute Gasteiger partial charge is 0.168 e. The maximum atomic E-state index is 13.4. The van der Waals surface area contributed by atoms with Gasteiger partial charge in [-0.15, -0.1) is 0 Å². The van der Waals surface area contributed by atoms with Crippen LogP contribution in [0.5, 0.6) is 11.5 Å². The number of halogens is 2. The van der Waals surface area contributed by atoms with Crippen LogP contribution in [-0.2, 0) is 6.54 Å². The second-order valence-electron chi connectivity index (χ2n) is 4.90. The molecule has 1 heterocycles. The largest absolute Gasteiger partial charge is 0.454 e. The predicted octanol–water partition coefficient (Wildman–Crippen LogP) is 3.90. The highest BCUT2D eigenvalue weighted by Crippen LogP contribution is 2.27. The molecule has 0 aliphatic heterocycles. The number of aromatic nitrogens is 2. The maximum Gasteiger partial charge on any atom is 0.168 e. The Bertz CT molecular complexity index is 634. The molecular weight excluding hydrogens is 293 g/mol. The molecule has 0 aliphatic rings. The van der Waals surface area contributed by atoms with Crippen LogP contribution in [0.3, 0.4) is 0 Å². The van der Waals surface area contributed by atoms with Gasteiger partial charge in [-0.2, -0.15) is 0 Å². The molecule has 1 aromatic carbocycles. The lowest BCUT2D eigenvalue weighted by Gasteiger charge is -2.12. The minimum Gasteiger partial charge on any atom is -0.454 e. The molecular formula is C15H17ClFN3O. The fourth-order valence-electron chi connectivity index (χ4n) is 1.75. The molecule has 0 saturated carbocycles. The molecule has 112 valence electrons. The second-order valence-corrected chi connectivity index (χ2v) is 5.31. The van der Waals surface area contributed by atoms with Crippen LogP contribution in [0, 0.1) is 5.82 Å². The summed E-state index contributed by atoms with van der Waals surface area (Å²) in [6.45, 7) is 4.58. The first-order valence-corrected chi connectivity index (χ1v) is 7.02. The Balaban J connectivity index is 2.31. The van der Waals surface area contributed by atoms with Crippen molar-refractivity contribution in [3.63, 3.8) is 0 Å². The molecule has 2 rings (SSSR count). The monoisotopic (exact) mass is 309 g/mol. The van der Waals surface area contributed by atoms with Gasteiger partial charge in [-0.25, -0.2) is 14.4 Å². The Morgan fingerprint density at radius 3 is 2.76 bits per heavy atom. The third kappa shape index (κ3) is 3.89. The molecule has 1 aromatic heterocycles. The first kappa shape index (κ1) is 15.7. The average Bonchev–Trinajstić information content (AvgIpc) is 2.45. The highest BCUT2D eigenvalue weighted by atomic mass is 35.5. The fourth-order valence-corrected chi connectivity index (χ4v) is 1.86. The molecule has 0 unspecified atom stereocenters. The molecule has 0 amide bonds. The van der Waals surface area contributed by atoms with E-state index in [9.17, 15) is 4.39 Å². The van der Waals surface area contributed by atoms with Crippen LogP contribution in [0.25, 0.3) is 0 Å². The number of rotatable bonds is 5. The molecule has 0 atom stereocenters. The highest BCUT2D eigenvalue weighted by molar-refractivity contribution is 6.30. The molecule has 0 aliphatic carbocycles. The van der Waals surface area contributed by atoms with Crippen molar-refractivity contribution in [2.24, 2.45) is 0 Å². The Morgan fingerprint density at radius 2 is 2.14 bits per heavy atom. The van der Waals surface area contributed by atoms with Crippen LogP contribution < -0.4 is 10.1 Å². The highest BCUT2D eigenvalue weighted by Gasteiger charge is 2.12. The van der Waals surface area contributed by atoms with E-state index >= 15 is 0 Å². The molecule has 0 fully saturated rings. The van der Waals surface area contributed by atoms with Gasteiger partial charge < -0.3 is 10.1 Å². The van der Waals surface area contributed by atoms with E-state index in [1.165, 1.54) is 12.1 Å². The number of ether oxygens (including phenoxy) is 1. The summed E-state index contributed by atoms with van der Waals surface area (Å²) in [4.78, 5) is 8.75. The lowest BCUT2D eigenvalue weighted by atomic mass is 10.2. The van der Waals surface area contributed by atoms with Crippen molar-refractivity contribution in [3.8, 4) is 11.5 Å². The minimum atomic E-state index is -0.524. The van der Waals surface area contributed by atoms with Crippen molar-refractivity contribution < 1.29 is 9.13 Å². The van der Waals surface area contributed by atoms with Crippen LogP contribution in [0.4, 0.5) is 4.39 Å². The summed E-state index contributed by atoms with van der Waals surface area (Å²) in [5.41, 5.74) is 0.728. The normalized spacial score (nSPS) is 11.0. The third-order valence-corrected chi connectivity index (χ3v) is 3.13. The zero-order valence-corrected chi connectivity index (χ0v) is 12.9. The van der Waals surface area contributed by atoms with E-state index in [2.05, 4.69) is 15.3 Å². The van der Waals surface area contributed by atoms with Crippen molar-refractivity contribution >= 4 is 11.6 Å². The van der Waals surface area contributed by atoms with Crippen molar-refractivity contribution in [1.82, 2.24) is 15.3 Å². The first-order chi connectivity index (χ1) is 10.0. The van der Waals surface area contributed by atoms with E-state index < -0.39 is 5.82 Å². The molecule has 0 saturated heterocycles. The van der Waals surface area contributed by atoms with Crippen molar-refractivity contribution in [1.29, 1.82) is 0 Å². The Labute approximate surface area is 128 Å². The number of nitrogens with zero attached hydrogens (tertiary/aromatic N) is 2. The molecule has 2 aromatic rings. The van der Waals surface area contributed by atoms with Crippen molar-refractivity contribution in [2.75, 3.05) is 7.05 Å². The molecule has 0 bridgehead atoms. The van der Waals surface area contributed by atoms with Gasteiger partial charge in [0.2, 0.25) is 0 Å². The van der Waals surface area contributed by atoms with E-state index in [-0.39, 0.29) is 10.9 Å².